The first-order valence-corrected chi connectivity index (χ1v) is 4.24. The van der Waals surface area contributed by atoms with Crippen molar-refractivity contribution in [3.8, 4) is 6.01 Å². The number of rotatable bonds is 3. The van der Waals surface area contributed by atoms with Gasteiger partial charge >= 0.3 is 6.01 Å². The zero-order chi connectivity index (χ0) is 9.84. The van der Waals surface area contributed by atoms with Crippen LogP contribution in [0.3, 0.4) is 0 Å². The van der Waals surface area contributed by atoms with Crippen LogP contribution in [0.4, 0.5) is 0 Å². The largest absolute Gasteiger partial charge is 0.467 e. The summed E-state index contributed by atoms with van der Waals surface area (Å²) in [6.45, 7) is 1.67. The summed E-state index contributed by atoms with van der Waals surface area (Å²) in [7, 11) is 1.48. The monoisotopic (exact) mass is 202 g/mol. The van der Waals surface area contributed by atoms with E-state index in [1.54, 1.807) is 6.92 Å². The van der Waals surface area contributed by atoms with Crippen molar-refractivity contribution in [2.75, 3.05) is 7.11 Å². The van der Waals surface area contributed by atoms with Gasteiger partial charge in [0.05, 0.1) is 30.1 Å². The van der Waals surface area contributed by atoms with Gasteiger partial charge in [-0.05, 0) is 6.92 Å². The van der Waals surface area contributed by atoms with Gasteiger partial charge in [0.15, 0.2) is 0 Å². The summed E-state index contributed by atoms with van der Waals surface area (Å²) in [4.78, 5) is 7.82. The molecule has 1 atom stereocenters. The first kappa shape index (κ1) is 10.2. The Morgan fingerprint density at radius 2 is 2.38 bits per heavy atom. The number of aliphatic hydroxyl groups excluding tert-OH is 1. The van der Waals surface area contributed by atoms with Gasteiger partial charge in [-0.25, -0.2) is 4.98 Å². The second-order valence-corrected chi connectivity index (χ2v) is 3.11. The van der Waals surface area contributed by atoms with Crippen molar-refractivity contribution in [2.45, 2.75) is 19.4 Å². The predicted molar refractivity (Wildman–Crippen MR) is 49.0 cm³/mol. The molecule has 4 nitrogen and oxygen atoms in total. The van der Waals surface area contributed by atoms with E-state index in [0.717, 1.165) is 0 Å². The van der Waals surface area contributed by atoms with Gasteiger partial charge in [-0.15, -0.1) is 0 Å². The molecule has 0 saturated carbocycles. The van der Waals surface area contributed by atoms with E-state index in [0.29, 0.717) is 17.1 Å². The lowest BCUT2D eigenvalue weighted by Crippen LogP contribution is -2.07. The Morgan fingerprint density at radius 1 is 1.69 bits per heavy atom. The number of methoxy groups -OCH3 is 1. The van der Waals surface area contributed by atoms with Gasteiger partial charge in [0.1, 0.15) is 0 Å². The number of hydrogen-bond acceptors (Lipinski definition) is 4. The zero-order valence-electron chi connectivity index (χ0n) is 7.49. The van der Waals surface area contributed by atoms with Gasteiger partial charge < -0.3 is 9.84 Å². The minimum Gasteiger partial charge on any atom is -0.467 e. The number of halogens is 1. The summed E-state index contributed by atoms with van der Waals surface area (Å²) in [6, 6.07) is 0.264. The number of aliphatic hydroxyl groups is 1. The van der Waals surface area contributed by atoms with Crippen molar-refractivity contribution < 1.29 is 9.84 Å². The molecule has 0 spiro atoms. The fourth-order valence-corrected chi connectivity index (χ4v) is 1.07. The summed E-state index contributed by atoms with van der Waals surface area (Å²) in [5.74, 6) is 0. The summed E-state index contributed by atoms with van der Waals surface area (Å²) in [6.07, 6.45) is 1.39. The lowest BCUT2D eigenvalue weighted by Gasteiger charge is -2.06. The fourth-order valence-electron chi connectivity index (χ4n) is 0.905. The van der Waals surface area contributed by atoms with E-state index in [9.17, 15) is 0 Å². The van der Waals surface area contributed by atoms with Gasteiger partial charge in [0.25, 0.3) is 0 Å². The molecule has 0 aromatic carbocycles. The number of nitrogens with zero attached hydrogens (tertiary/aromatic N) is 2. The molecular weight excluding hydrogens is 192 g/mol. The van der Waals surface area contributed by atoms with E-state index in [4.69, 9.17) is 21.4 Å². The highest BCUT2D eigenvalue weighted by molar-refractivity contribution is 6.31. The number of aromatic nitrogens is 2. The molecule has 0 saturated heterocycles. The van der Waals surface area contributed by atoms with Crippen molar-refractivity contribution in [2.24, 2.45) is 0 Å². The molecule has 1 aromatic rings. The molecule has 0 aliphatic heterocycles. The molecule has 0 radical (unpaired) electrons. The van der Waals surface area contributed by atoms with Crippen LogP contribution in [0.2, 0.25) is 5.02 Å². The Balaban J connectivity index is 2.90. The van der Waals surface area contributed by atoms with Crippen LogP contribution in [0.1, 0.15) is 12.6 Å². The minimum atomic E-state index is -0.475. The predicted octanol–water partition coefficient (Wildman–Crippen LogP) is 1.06. The van der Waals surface area contributed by atoms with Crippen LogP contribution in [-0.2, 0) is 6.42 Å². The van der Waals surface area contributed by atoms with Crippen molar-refractivity contribution in [1.29, 1.82) is 0 Å². The van der Waals surface area contributed by atoms with Crippen LogP contribution in [0.5, 0.6) is 6.01 Å². The van der Waals surface area contributed by atoms with Gasteiger partial charge in [0.2, 0.25) is 0 Å². The van der Waals surface area contributed by atoms with Crippen molar-refractivity contribution >= 4 is 11.6 Å². The van der Waals surface area contributed by atoms with Crippen LogP contribution in [0.25, 0.3) is 0 Å². The second-order valence-electron chi connectivity index (χ2n) is 2.70. The average Bonchev–Trinajstić information content (AvgIpc) is 2.08. The third kappa shape index (κ3) is 2.82. The third-order valence-electron chi connectivity index (χ3n) is 1.47. The van der Waals surface area contributed by atoms with Crippen molar-refractivity contribution in [1.82, 2.24) is 9.97 Å². The summed E-state index contributed by atoms with van der Waals surface area (Å²) in [5.41, 5.74) is 0.600. The maximum Gasteiger partial charge on any atom is 0.316 e. The molecular formula is C8H11ClN2O2. The molecule has 1 aromatic heterocycles. The van der Waals surface area contributed by atoms with Gasteiger partial charge in [-0.1, -0.05) is 11.6 Å². The van der Waals surface area contributed by atoms with E-state index in [2.05, 4.69) is 9.97 Å². The molecule has 1 rings (SSSR count). The topological polar surface area (TPSA) is 55.2 Å². The Morgan fingerprint density at radius 3 is 2.92 bits per heavy atom. The van der Waals surface area contributed by atoms with Crippen molar-refractivity contribution in [3.05, 3.63) is 16.9 Å². The Hall–Kier alpha value is -0.870. The van der Waals surface area contributed by atoms with Gasteiger partial charge in [0, 0.05) is 6.42 Å². The summed E-state index contributed by atoms with van der Waals surface area (Å²) in [5, 5.41) is 9.58. The third-order valence-corrected chi connectivity index (χ3v) is 1.78. The lowest BCUT2D eigenvalue weighted by atomic mass is 10.2. The highest BCUT2D eigenvalue weighted by Gasteiger charge is 2.08. The van der Waals surface area contributed by atoms with Crippen LogP contribution in [0.15, 0.2) is 6.20 Å². The first-order chi connectivity index (χ1) is 6.13. The quantitative estimate of drug-likeness (QED) is 0.797. The van der Waals surface area contributed by atoms with Crippen LogP contribution in [0, 0.1) is 0 Å². The second kappa shape index (κ2) is 4.39. The van der Waals surface area contributed by atoms with Crippen molar-refractivity contribution in [3.63, 3.8) is 0 Å². The molecule has 1 N–H and O–H groups in total. The molecule has 0 aliphatic rings. The minimum absolute atomic E-state index is 0.264. The number of hydrogen-bond donors (Lipinski definition) is 1. The molecule has 1 heterocycles. The van der Waals surface area contributed by atoms with E-state index < -0.39 is 6.10 Å². The Bertz CT molecular complexity index is 291. The van der Waals surface area contributed by atoms with E-state index >= 15 is 0 Å². The number of ether oxygens (including phenoxy) is 1. The average molecular weight is 203 g/mol. The molecule has 72 valence electrons. The zero-order valence-corrected chi connectivity index (χ0v) is 8.25. The normalized spacial score (nSPS) is 12.6. The highest BCUT2D eigenvalue weighted by Crippen LogP contribution is 2.16. The van der Waals surface area contributed by atoms with Crippen LogP contribution in [-0.4, -0.2) is 28.3 Å². The Labute approximate surface area is 81.5 Å². The van der Waals surface area contributed by atoms with Crippen LogP contribution >= 0.6 is 11.6 Å². The maximum atomic E-state index is 9.13. The summed E-state index contributed by atoms with van der Waals surface area (Å²) < 4.78 is 4.83. The van der Waals surface area contributed by atoms with E-state index in [-0.39, 0.29) is 6.01 Å². The molecule has 1 unspecified atom stereocenters. The van der Waals surface area contributed by atoms with E-state index in [1.165, 1.54) is 13.3 Å². The lowest BCUT2D eigenvalue weighted by molar-refractivity contribution is 0.194. The highest BCUT2D eigenvalue weighted by atomic mass is 35.5. The first-order valence-electron chi connectivity index (χ1n) is 3.87. The molecule has 5 heteroatoms. The maximum absolute atomic E-state index is 9.13. The van der Waals surface area contributed by atoms with Gasteiger partial charge in [-0.2, -0.15) is 4.98 Å². The fraction of sp³-hybridized carbons (Fsp3) is 0.500. The van der Waals surface area contributed by atoms with Gasteiger partial charge in [-0.3, -0.25) is 0 Å². The Kier molecular flexibility index (Phi) is 3.45. The molecule has 13 heavy (non-hydrogen) atoms. The molecule has 0 aliphatic carbocycles. The smallest absolute Gasteiger partial charge is 0.316 e. The molecule has 0 amide bonds. The SMILES string of the molecule is COc1ncc(Cl)c(CC(C)O)n1. The van der Waals surface area contributed by atoms with E-state index in [1.807, 2.05) is 0 Å². The molecule has 0 bridgehead atoms. The van der Waals surface area contributed by atoms with Crippen LogP contribution < -0.4 is 4.74 Å². The molecule has 0 fully saturated rings. The summed E-state index contributed by atoms with van der Waals surface area (Å²) >= 11 is 5.81. The standard InChI is InChI=1S/C8H11ClN2O2/c1-5(12)3-7-6(9)4-10-8(11-7)13-2/h4-5,12H,3H2,1-2H3.